The van der Waals surface area contributed by atoms with E-state index in [9.17, 15) is 10.1 Å². The lowest BCUT2D eigenvalue weighted by Gasteiger charge is -2.15. The summed E-state index contributed by atoms with van der Waals surface area (Å²) < 4.78 is 3.59. The summed E-state index contributed by atoms with van der Waals surface area (Å²) >= 11 is 5.49. The van der Waals surface area contributed by atoms with E-state index in [0.29, 0.717) is 17.0 Å². The van der Waals surface area contributed by atoms with E-state index in [1.165, 1.54) is 4.57 Å². The van der Waals surface area contributed by atoms with Gasteiger partial charge in [-0.2, -0.15) is 5.26 Å². The molecule has 1 heterocycles. The summed E-state index contributed by atoms with van der Waals surface area (Å²) in [6.45, 7) is 0.343. The molecule has 0 N–H and O–H groups in total. The van der Waals surface area contributed by atoms with Gasteiger partial charge in [-0.1, -0.05) is 60.7 Å². The van der Waals surface area contributed by atoms with Gasteiger partial charge in [0, 0.05) is 7.05 Å². The van der Waals surface area contributed by atoms with Gasteiger partial charge in [-0.15, -0.1) is 0 Å². The second-order valence-corrected chi connectivity index (χ2v) is 5.79. The van der Waals surface area contributed by atoms with E-state index in [1.807, 2.05) is 60.7 Å². The molecule has 5 heteroatoms. The molecule has 0 amide bonds. The highest BCUT2D eigenvalue weighted by molar-refractivity contribution is 7.71. The Morgan fingerprint density at radius 1 is 1.04 bits per heavy atom. The van der Waals surface area contributed by atoms with Gasteiger partial charge in [-0.25, -0.2) is 0 Å². The summed E-state index contributed by atoms with van der Waals surface area (Å²) in [6, 6.07) is 21.0. The lowest BCUT2D eigenvalue weighted by molar-refractivity contribution is 0.668. The molecule has 0 aliphatic carbocycles. The maximum Gasteiger partial charge on any atom is 0.273 e. The molecular weight excluding hydrogens is 318 g/mol. The van der Waals surface area contributed by atoms with Crippen LogP contribution in [0.15, 0.2) is 65.5 Å². The van der Waals surface area contributed by atoms with Gasteiger partial charge >= 0.3 is 0 Å². The fraction of sp³-hybridized carbons (Fsp3) is 0.105. The van der Waals surface area contributed by atoms with Gasteiger partial charge in [-0.3, -0.25) is 9.36 Å². The van der Waals surface area contributed by atoms with E-state index in [-0.39, 0.29) is 11.1 Å². The summed E-state index contributed by atoms with van der Waals surface area (Å²) in [6.07, 6.45) is 0. The van der Waals surface area contributed by atoms with E-state index in [4.69, 9.17) is 12.2 Å². The van der Waals surface area contributed by atoms with Crippen LogP contribution in [0.2, 0.25) is 0 Å². The summed E-state index contributed by atoms with van der Waals surface area (Å²) in [4.78, 5) is 12.8. The summed E-state index contributed by atoms with van der Waals surface area (Å²) in [7, 11) is 1.78. The molecule has 118 valence electrons. The van der Waals surface area contributed by atoms with Gasteiger partial charge in [0.05, 0.1) is 12.2 Å². The Hall–Kier alpha value is -2.97. The lowest BCUT2D eigenvalue weighted by Crippen LogP contribution is -2.28. The van der Waals surface area contributed by atoms with Crippen molar-refractivity contribution >= 4 is 12.2 Å². The molecule has 24 heavy (non-hydrogen) atoms. The number of hydrogen-bond acceptors (Lipinski definition) is 3. The summed E-state index contributed by atoms with van der Waals surface area (Å²) in [5.74, 6) is 0. The molecule has 0 spiro atoms. The zero-order valence-corrected chi connectivity index (χ0v) is 14.0. The minimum absolute atomic E-state index is 0.105. The quantitative estimate of drug-likeness (QED) is 0.689. The van der Waals surface area contributed by atoms with Crippen molar-refractivity contribution in [2.24, 2.45) is 7.05 Å². The molecule has 0 radical (unpaired) electrons. The van der Waals surface area contributed by atoms with E-state index in [0.717, 1.165) is 11.1 Å². The van der Waals surface area contributed by atoms with Gasteiger partial charge in [-0.05, 0) is 23.3 Å². The molecule has 0 atom stereocenters. The van der Waals surface area contributed by atoms with Crippen LogP contribution in [-0.4, -0.2) is 9.13 Å². The second kappa shape index (κ2) is 6.65. The first kappa shape index (κ1) is 15.9. The Bertz CT molecular complexity index is 1030. The van der Waals surface area contributed by atoms with Crippen molar-refractivity contribution in [2.75, 3.05) is 0 Å². The average Bonchev–Trinajstić information content (AvgIpc) is 2.63. The van der Waals surface area contributed by atoms with Crippen molar-refractivity contribution < 1.29 is 0 Å². The van der Waals surface area contributed by atoms with Crippen molar-refractivity contribution in [3.63, 3.8) is 0 Å². The third-order valence-corrected chi connectivity index (χ3v) is 4.39. The van der Waals surface area contributed by atoms with Crippen molar-refractivity contribution in [1.29, 1.82) is 5.26 Å². The predicted molar refractivity (Wildman–Crippen MR) is 96.2 cm³/mol. The molecule has 0 saturated carbocycles. The van der Waals surface area contributed by atoms with Gasteiger partial charge in [0.1, 0.15) is 11.6 Å². The van der Waals surface area contributed by atoms with Crippen LogP contribution in [0.1, 0.15) is 11.1 Å². The molecule has 3 rings (SSSR count). The highest BCUT2D eigenvalue weighted by Crippen LogP contribution is 2.21. The summed E-state index contributed by atoms with van der Waals surface area (Å²) in [5.41, 5.74) is 2.06. The fourth-order valence-corrected chi connectivity index (χ4v) is 2.95. The van der Waals surface area contributed by atoms with Crippen LogP contribution in [0.3, 0.4) is 0 Å². The normalized spacial score (nSPS) is 10.3. The number of benzene rings is 2. The third kappa shape index (κ3) is 2.80. The Balaban J connectivity index is 2.25. The number of hydrogen-bond donors (Lipinski definition) is 0. The number of rotatable bonds is 3. The van der Waals surface area contributed by atoms with Gasteiger partial charge < -0.3 is 4.57 Å². The Morgan fingerprint density at radius 3 is 2.21 bits per heavy atom. The van der Waals surface area contributed by atoms with Gasteiger partial charge in [0.25, 0.3) is 5.56 Å². The predicted octanol–water partition coefficient (Wildman–Crippen LogP) is 3.50. The minimum atomic E-state index is -0.358. The standard InChI is InChI=1S/C19H15N3OS/c1-21-17(15-10-6-3-7-11-15)16(12-20)18(23)22(19(21)24)13-14-8-4-2-5-9-14/h2-11H,13H2,1H3. The van der Waals surface area contributed by atoms with Crippen molar-refractivity contribution in [3.8, 4) is 17.3 Å². The zero-order valence-electron chi connectivity index (χ0n) is 13.1. The molecule has 2 aromatic carbocycles. The molecule has 0 unspecified atom stereocenters. The zero-order chi connectivity index (χ0) is 17.1. The third-order valence-electron chi connectivity index (χ3n) is 3.89. The smallest absolute Gasteiger partial charge is 0.273 e. The second-order valence-electron chi connectivity index (χ2n) is 5.42. The fourth-order valence-electron chi connectivity index (χ4n) is 2.71. The molecule has 0 saturated heterocycles. The molecule has 0 bridgehead atoms. The van der Waals surface area contributed by atoms with Crippen LogP contribution in [-0.2, 0) is 13.6 Å². The van der Waals surface area contributed by atoms with Gasteiger partial charge in [0.2, 0.25) is 0 Å². The average molecular weight is 333 g/mol. The first-order valence-corrected chi connectivity index (χ1v) is 7.87. The highest BCUT2D eigenvalue weighted by atomic mass is 32.1. The van der Waals surface area contributed by atoms with Crippen LogP contribution in [0.4, 0.5) is 0 Å². The first-order valence-electron chi connectivity index (χ1n) is 7.46. The molecule has 4 nitrogen and oxygen atoms in total. The molecule has 3 aromatic rings. The monoisotopic (exact) mass is 333 g/mol. The van der Waals surface area contributed by atoms with Crippen molar-refractivity contribution in [1.82, 2.24) is 9.13 Å². The van der Waals surface area contributed by atoms with E-state index in [1.54, 1.807) is 11.6 Å². The topological polar surface area (TPSA) is 50.7 Å². The van der Waals surface area contributed by atoms with E-state index >= 15 is 0 Å². The Labute approximate surface area is 144 Å². The van der Waals surface area contributed by atoms with Crippen LogP contribution in [0, 0.1) is 16.1 Å². The van der Waals surface area contributed by atoms with Crippen LogP contribution in [0.5, 0.6) is 0 Å². The van der Waals surface area contributed by atoms with Crippen LogP contribution in [0.25, 0.3) is 11.3 Å². The van der Waals surface area contributed by atoms with E-state index < -0.39 is 0 Å². The summed E-state index contributed by atoms with van der Waals surface area (Å²) in [5, 5.41) is 9.56. The maximum atomic E-state index is 12.8. The van der Waals surface area contributed by atoms with Crippen molar-refractivity contribution in [2.45, 2.75) is 6.54 Å². The molecule has 1 aromatic heterocycles. The largest absolute Gasteiger partial charge is 0.320 e. The van der Waals surface area contributed by atoms with Gasteiger partial charge in [0.15, 0.2) is 4.77 Å². The lowest BCUT2D eigenvalue weighted by atomic mass is 10.1. The number of aromatic nitrogens is 2. The molecular formula is C19H15N3OS. The Morgan fingerprint density at radius 2 is 1.62 bits per heavy atom. The molecule has 0 fully saturated rings. The maximum absolute atomic E-state index is 12.8. The Kier molecular flexibility index (Phi) is 4.41. The molecule has 0 aliphatic heterocycles. The van der Waals surface area contributed by atoms with E-state index in [2.05, 4.69) is 6.07 Å². The first-order chi connectivity index (χ1) is 11.6. The van der Waals surface area contributed by atoms with Crippen LogP contribution < -0.4 is 5.56 Å². The number of nitriles is 1. The van der Waals surface area contributed by atoms with Crippen LogP contribution >= 0.6 is 12.2 Å². The van der Waals surface area contributed by atoms with Crippen molar-refractivity contribution in [3.05, 3.63) is 86.9 Å². The molecule has 0 aliphatic rings. The highest BCUT2D eigenvalue weighted by Gasteiger charge is 2.16. The number of nitrogens with zero attached hydrogens (tertiary/aromatic N) is 3. The SMILES string of the molecule is Cn1c(-c2ccccc2)c(C#N)c(=O)n(Cc2ccccc2)c1=S. The minimum Gasteiger partial charge on any atom is -0.320 e.